The van der Waals surface area contributed by atoms with E-state index in [1.807, 2.05) is 0 Å². The Bertz CT molecular complexity index is 860. The van der Waals surface area contributed by atoms with Crippen molar-refractivity contribution in [3.63, 3.8) is 0 Å². The number of carbonyl (C=O) groups excluding carboxylic acids is 1. The van der Waals surface area contributed by atoms with Gasteiger partial charge < -0.3 is 28.4 Å². The quantitative estimate of drug-likeness (QED) is 0.767. The number of carbonyl (C=O) groups is 1. The predicted molar refractivity (Wildman–Crippen MR) is 98.0 cm³/mol. The van der Waals surface area contributed by atoms with Gasteiger partial charge in [-0.05, 0) is 12.1 Å². The minimum absolute atomic E-state index is 0.0856. The number of hydrogen-bond acceptors (Lipinski definition) is 7. The summed E-state index contributed by atoms with van der Waals surface area (Å²) in [6.45, 7) is 0. The van der Waals surface area contributed by atoms with Crippen LogP contribution in [-0.2, 0) is 0 Å². The van der Waals surface area contributed by atoms with Gasteiger partial charge in [-0.15, -0.1) is 0 Å². The second kappa shape index (κ2) is 7.65. The highest BCUT2D eigenvalue weighted by molar-refractivity contribution is 6.03. The molecule has 27 heavy (non-hydrogen) atoms. The molecule has 0 radical (unpaired) electrons. The molecule has 1 unspecified atom stereocenters. The molecule has 1 aliphatic heterocycles. The fourth-order valence-electron chi connectivity index (χ4n) is 3.23. The largest absolute Gasteiger partial charge is 0.496 e. The lowest BCUT2D eigenvalue weighted by Crippen LogP contribution is -2.22. The van der Waals surface area contributed by atoms with E-state index < -0.39 is 6.10 Å². The summed E-state index contributed by atoms with van der Waals surface area (Å²) in [6.07, 6.45) is -0.404. The van der Waals surface area contributed by atoms with Crippen molar-refractivity contribution in [3.05, 3.63) is 35.4 Å². The van der Waals surface area contributed by atoms with Crippen molar-refractivity contribution in [2.24, 2.45) is 0 Å². The molecule has 1 heterocycles. The van der Waals surface area contributed by atoms with Gasteiger partial charge in [-0.3, -0.25) is 4.79 Å². The molecule has 1 atom stereocenters. The van der Waals surface area contributed by atoms with E-state index in [4.69, 9.17) is 28.4 Å². The van der Waals surface area contributed by atoms with Crippen LogP contribution in [0.4, 0.5) is 0 Å². The van der Waals surface area contributed by atoms with E-state index in [1.54, 1.807) is 38.5 Å². The molecule has 0 saturated carbocycles. The van der Waals surface area contributed by atoms with Gasteiger partial charge in [-0.2, -0.15) is 0 Å². The molecule has 0 bridgehead atoms. The molecular formula is C20H22O7. The minimum Gasteiger partial charge on any atom is -0.496 e. The lowest BCUT2D eigenvalue weighted by Gasteiger charge is -2.28. The number of rotatable bonds is 6. The molecule has 3 rings (SSSR count). The van der Waals surface area contributed by atoms with Crippen LogP contribution < -0.4 is 28.4 Å². The molecule has 0 aliphatic carbocycles. The lowest BCUT2D eigenvalue weighted by atomic mass is 9.94. The molecule has 7 nitrogen and oxygen atoms in total. The van der Waals surface area contributed by atoms with Crippen LogP contribution in [0.2, 0.25) is 0 Å². The third-order valence-electron chi connectivity index (χ3n) is 4.50. The number of methoxy groups -OCH3 is 5. The molecule has 2 aromatic rings. The van der Waals surface area contributed by atoms with Crippen molar-refractivity contribution in [3.8, 4) is 34.5 Å². The van der Waals surface area contributed by atoms with E-state index in [1.165, 1.54) is 21.3 Å². The minimum atomic E-state index is -0.545. The third-order valence-corrected chi connectivity index (χ3v) is 4.50. The second-order valence-electron chi connectivity index (χ2n) is 5.86. The first kappa shape index (κ1) is 18.7. The molecule has 0 aromatic heterocycles. The summed E-state index contributed by atoms with van der Waals surface area (Å²) in [6, 6.07) is 6.90. The molecule has 0 saturated heterocycles. The topological polar surface area (TPSA) is 72.5 Å². The number of benzene rings is 2. The molecule has 0 N–H and O–H groups in total. The zero-order valence-corrected chi connectivity index (χ0v) is 16.0. The maximum Gasteiger partial charge on any atom is 0.203 e. The average molecular weight is 374 g/mol. The summed E-state index contributed by atoms with van der Waals surface area (Å²) in [7, 11) is 7.66. The number of fused-ring (bicyclic) bond motifs is 1. The molecule has 7 heteroatoms. The van der Waals surface area contributed by atoms with Gasteiger partial charge in [0, 0.05) is 17.7 Å². The van der Waals surface area contributed by atoms with Crippen molar-refractivity contribution in [2.75, 3.05) is 35.5 Å². The fourth-order valence-corrected chi connectivity index (χ4v) is 3.23. The molecular weight excluding hydrogens is 352 g/mol. The SMILES string of the molecule is COc1cc(OC)c2c(c1)OC(c1ccc(OC)c(OC)c1OC)CC2=O. The number of ether oxygens (including phenoxy) is 6. The van der Waals surface area contributed by atoms with Crippen LogP contribution in [0.1, 0.15) is 28.4 Å². The van der Waals surface area contributed by atoms with Crippen LogP contribution in [0.25, 0.3) is 0 Å². The van der Waals surface area contributed by atoms with Crippen molar-refractivity contribution in [2.45, 2.75) is 12.5 Å². The van der Waals surface area contributed by atoms with Crippen LogP contribution in [-0.4, -0.2) is 41.3 Å². The van der Waals surface area contributed by atoms with Crippen molar-refractivity contribution in [1.29, 1.82) is 0 Å². The molecule has 1 aliphatic rings. The highest BCUT2D eigenvalue weighted by Gasteiger charge is 2.34. The van der Waals surface area contributed by atoms with Gasteiger partial charge >= 0.3 is 0 Å². The second-order valence-corrected chi connectivity index (χ2v) is 5.86. The van der Waals surface area contributed by atoms with Gasteiger partial charge in [0.15, 0.2) is 17.3 Å². The Balaban J connectivity index is 2.08. The van der Waals surface area contributed by atoms with E-state index >= 15 is 0 Å². The summed E-state index contributed by atoms with van der Waals surface area (Å²) in [5.74, 6) is 2.73. The lowest BCUT2D eigenvalue weighted by molar-refractivity contribution is 0.0840. The van der Waals surface area contributed by atoms with E-state index in [0.717, 1.165) is 0 Å². The van der Waals surface area contributed by atoms with Crippen molar-refractivity contribution in [1.82, 2.24) is 0 Å². The van der Waals surface area contributed by atoms with Gasteiger partial charge in [0.05, 0.1) is 42.0 Å². The summed E-state index contributed by atoms with van der Waals surface area (Å²) in [5.41, 5.74) is 1.10. The normalized spacial score (nSPS) is 15.4. The van der Waals surface area contributed by atoms with E-state index in [-0.39, 0.29) is 12.2 Å². The van der Waals surface area contributed by atoms with Crippen LogP contribution in [0, 0.1) is 0 Å². The Labute approximate surface area is 157 Å². The van der Waals surface area contributed by atoms with Crippen LogP contribution in [0.5, 0.6) is 34.5 Å². The number of hydrogen-bond donors (Lipinski definition) is 0. The Morgan fingerprint density at radius 2 is 1.56 bits per heavy atom. The number of ketones is 1. The zero-order chi connectivity index (χ0) is 19.6. The molecule has 0 amide bonds. The fraction of sp³-hybridized carbons (Fsp3) is 0.350. The van der Waals surface area contributed by atoms with Crippen LogP contribution in [0.3, 0.4) is 0 Å². The highest BCUT2D eigenvalue weighted by atomic mass is 16.5. The van der Waals surface area contributed by atoms with E-state index in [9.17, 15) is 4.79 Å². The third kappa shape index (κ3) is 3.20. The van der Waals surface area contributed by atoms with Crippen LogP contribution >= 0.6 is 0 Å². The first-order chi connectivity index (χ1) is 13.1. The Morgan fingerprint density at radius 1 is 0.852 bits per heavy atom. The maximum absolute atomic E-state index is 12.8. The molecule has 0 fully saturated rings. The van der Waals surface area contributed by atoms with Gasteiger partial charge in [-0.1, -0.05) is 0 Å². The Kier molecular flexibility index (Phi) is 5.30. The Hall–Kier alpha value is -3.09. The first-order valence-corrected chi connectivity index (χ1v) is 8.32. The molecule has 2 aromatic carbocycles. The van der Waals surface area contributed by atoms with Gasteiger partial charge in [0.25, 0.3) is 0 Å². The Morgan fingerprint density at radius 3 is 2.15 bits per heavy atom. The summed E-state index contributed by atoms with van der Waals surface area (Å²) >= 11 is 0. The van der Waals surface area contributed by atoms with Crippen molar-refractivity contribution >= 4 is 5.78 Å². The van der Waals surface area contributed by atoms with Gasteiger partial charge in [0.2, 0.25) is 5.75 Å². The van der Waals surface area contributed by atoms with E-state index in [0.29, 0.717) is 45.6 Å². The smallest absolute Gasteiger partial charge is 0.203 e. The van der Waals surface area contributed by atoms with Gasteiger partial charge in [0.1, 0.15) is 28.9 Å². The molecule has 144 valence electrons. The van der Waals surface area contributed by atoms with Crippen LogP contribution in [0.15, 0.2) is 24.3 Å². The first-order valence-electron chi connectivity index (χ1n) is 8.32. The summed E-state index contributed by atoms with van der Waals surface area (Å²) in [4.78, 5) is 12.8. The standard InChI is InChI=1S/C20H22O7/c1-22-11-8-16(24-3)18-13(21)10-15(27-17(18)9-11)12-6-7-14(23-2)20(26-5)19(12)25-4/h6-9,15H,10H2,1-5H3. The zero-order valence-electron chi connectivity index (χ0n) is 16.0. The van der Waals surface area contributed by atoms with E-state index in [2.05, 4.69) is 0 Å². The summed E-state index contributed by atoms with van der Waals surface area (Å²) in [5, 5.41) is 0. The maximum atomic E-state index is 12.8. The predicted octanol–water partition coefficient (Wildman–Crippen LogP) is 3.44. The monoisotopic (exact) mass is 374 g/mol. The van der Waals surface area contributed by atoms with Gasteiger partial charge in [-0.25, -0.2) is 0 Å². The average Bonchev–Trinajstić information content (AvgIpc) is 2.70. The highest BCUT2D eigenvalue weighted by Crippen LogP contribution is 2.47. The molecule has 0 spiro atoms. The van der Waals surface area contributed by atoms with Crippen molar-refractivity contribution < 1.29 is 33.2 Å². The number of Topliss-reactive ketones (excluding diaryl/α,β-unsaturated/α-hetero) is 1. The summed E-state index contributed by atoms with van der Waals surface area (Å²) < 4.78 is 33.0.